The van der Waals surface area contributed by atoms with Crippen LogP contribution in [0.5, 0.6) is 5.75 Å². The van der Waals surface area contributed by atoms with Crippen molar-refractivity contribution in [1.82, 2.24) is 10.2 Å². The number of carbonyl (C=O) groups excluding carboxylic acids is 2. The Bertz CT molecular complexity index is 1710. The van der Waals surface area contributed by atoms with Gasteiger partial charge in [-0.3, -0.25) is 13.9 Å². The van der Waals surface area contributed by atoms with Crippen molar-refractivity contribution in [2.24, 2.45) is 0 Å². The summed E-state index contributed by atoms with van der Waals surface area (Å²) in [5.74, 6) is -0.607. The van der Waals surface area contributed by atoms with E-state index in [9.17, 15) is 18.0 Å². The SMILES string of the molecule is COc1ccccc1N(CC(=O)N(Cc1cccc(Br)c1)[C@H](Cc1ccccc1)C(=O)NC(C)(C)C)S(=O)(=O)c1ccccc1. The van der Waals surface area contributed by atoms with Crippen LogP contribution in [0.4, 0.5) is 5.69 Å². The van der Waals surface area contributed by atoms with E-state index in [4.69, 9.17) is 4.74 Å². The first-order chi connectivity index (χ1) is 21.4. The average Bonchev–Trinajstić information content (AvgIpc) is 3.01. The first kappa shape index (κ1) is 33.7. The normalized spacial score (nSPS) is 12.2. The molecule has 4 aromatic rings. The predicted octanol–water partition coefficient (Wildman–Crippen LogP) is 6.21. The Morgan fingerprint density at radius 1 is 0.844 bits per heavy atom. The van der Waals surface area contributed by atoms with E-state index in [1.807, 2.05) is 75.4 Å². The molecule has 0 aliphatic rings. The van der Waals surface area contributed by atoms with Crippen molar-refractivity contribution >= 4 is 43.5 Å². The Labute approximate surface area is 274 Å². The molecule has 0 bridgehead atoms. The summed E-state index contributed by atoms with van der Waals surface area (Å²) in [5.41, 5.74) is 1.26. The zero-order valence-corrected chi connectivity index (χ0v) is 28.2. The quantitative estimate of drug-likeness (QED) is 0.191. The minimum Gasteiger partial charge on any atom is -0.495 e. The standard InChI is InChI=1S/C35H38BrN3O5S/c1-35(2,3)37-34(41)31(23-26-14-7-5-8-15-26)38(24-27-16-13-17-28(36)22-27)33(40)25-39(30-20-11-12-21-32(30)44-4)45(42,43)29-18-9-6-10-19-29/h5-22,31H,23-25H2,1-4H3,(H,37,41)/t31-/m1/s1. The fourth-order valence-corrected chi connectivity index (χ4v) is 6.80. The second-order valence-corrected chi connectivity index (χ2v) is 14.4. The van der Waals surface area contributed by atoms with Crippen molar-refractivity contribution in [2.45, 2.75) is 50.2 Å². The highest BCUT2D eigenvalue weighted by molar-refractivity contribution is 9.10. The molecule has 45 heavy (non-hydrogen) atoms. The zero-order chi connectivity index (χ0) is 32.6. The largest absolute Gasteiger partial charge is 0.495 e. The van der Waals surface area contributed by atoms with Gasteiger partial charge in [0.2, 0.25) is 11.8 Å². The van der Waals surface area contributed by atoms with E-state index in [0.29, 0.717) is 0 Å². The molecule has 2 amide bonds. The molecule has 10 heteroatoms. The van der Waals surface area contributed by atoms with Gasteiger partial charge in [0.1, 0.15) is 18.3 Å². The van der Waals surface area contributed by atoms with Gasteiger partial charge in [0.15, 0.2) is 0 Å². The number of carbonyl (C=O) groups is 2. The van der Waals surface area contributed by atoms with E-state index >= 15 is 0 Å². The van der Waals surface area contributed by atoms with Gasteiger partial charge in [-0.25, -0.2) is 8.42 Å². The number of hydrogen-bond donors (Lipinski definition) is 1. The zero-order valence-electron chi connectivity index (χ0n) is 25.8. The van der Waals surface area contributed by atoms with Crippen molar-refractivity contribution in [2.75, 3.05) is 18.0 Å². The van der Waals surface area contributed by atoms with Crippen molar-refractivity contribution < 1.29 is 22.7 Å². The molecule has 236 valence electrons. The highest BCUT2D eigenvalue weighted by Crippen LogP contribution is 2.32. The van der Waals surface area contributed by atoms with Gasteiger partial charge in [0.05, 0.1) is 17.7 Å². The summed E-state index contributed by atoms with van der Waals surface area (Å²) in [6.07, 6.45) is 0.225. The number of rotatable bonds is 12. The van der Waals surface area contributed by atoms with Crippen molar-refractivity contribution in [3.8, 4) is 5.75 Å². The van der Waals surface area contributed by atoms with Crippen LogP contribution in [0, 0.1) is 0 Å². The van der Waals surface area contributed by atoms with Crippen LogP contribution in [0.15, 0.2) is 119 Å². The van der Waals surface area contributed by atoms with Gasteiger partial charge in [-0.1, -0.05) is 88.7 Å². The van der Waals surface area contributed by atoms with E-state index in [1.54, 1.807) is 42.5 Å². The fraction of sp³-hybridized carbons (Fsp3) is 0.257. The van der Waals surface area contributed by atoms with Gasteiger partial charge in [-0.15, -0.1) is 0 Å². The molecule has 4 aromatic carbocycles. The van der Waals surface area contributed by atoms with Gasteiger partial charge in [-0.2, -0.15) is 0 Å². The lowest BCUT2D eigenvalue weighted by molar-refractivity contribution is -0.140. The Hall–Kier alpha value is -4.15. The van der Waals surface area contributed by atoms with Crippen LogP contribution in [-0.2, 0) is 32.6 Å². The molecule has 0 fully saturated rings. The molecule has 1 N–H and O–H groups in total. The van der Waals surface area contributed by atoms with Gasteiger partial charge in [0.25, 0.3) is 10.0 Å². The molecule has 0 aliphatic carbocycles. The maximum Gasteiger partial charge on any atom is 0.264 e. The minimum absolute atomic E-state index is 0.0218. The lowest BCUT2D eigenvalue weighted by atomic mass is 10.0. The smallest absolute Gasteiger partial charge is 0.264 e. The van der Waals surface area contributed by atoms with E-state index in [-0.39, 0.29) is 35.2 Å². The maximum absolute atomic E-state index is 14.6. The predicted molar refractivity (Wildman–Crippen MR) is 180 cm³/mol. The number of anilines is 1. The van der Waals surface area contributed by atoms with Crippen molar-refractivity contribution in [3.05, 3.63) is 125 Å². The third-order valence-corrected chi connectivity index (χ3v) is 9.24. The van der Waals surface area contributed by atoms with Gasteiger partial charge in [0, 0.05) is 23.0 Å². The number of ether oxygens (including phenoxy) is 1. The van der Waals surface area contributed by atoms with E-state index in [0.717, 1.165) is 19.9 Å². The molecule has 0 saturated carbocycles. The first-order valence-corrected chi connectivity index (χ1v) is 16.7. The number of nitrogens with one attached hydrogen (secondary N) is 1. The number of nitrogens with zero attached hydrogens (tertiary/aromatic N) is 2. The maximum atomic E-state index is 14.6. The van der Waals surface area contributed by atoms with Crippen LogP contribution in [0.3, 0.4) is 0 Å². The lowest BCUT2D eigenvalue weighted by Gasteiger charge is -2.35. The number of para-hydroxylation sites is 2. The van der Waals surface area contributed by atoms with E-state index in [1.165, 1.54) is 24.1 Å². The molecule has 0 saturated heterocycles. The topological polar surface area (TPSA) is 96.0 Å². The van der Waals surface area contributed by atoms with Crippen LogP contribution in [0.2, 0.25) is 0 Å². The number of halogens is 1. The van der Waals surface area contributed by atoms with Gasteiger partial charge in [-0.05, 0) is 68.3 Å². The number of hydrogen-bond acceptors (Lipinski definition) is 5. The molecule has 4 rings (SSSR count). The third kappa shape index (κ3) is 8.95. The Balaban J connectivity index is 1.84. The third-order valence-electron chi connectivity index (χ3n) is 6.98. The average molecular weight is 693 g/mol. The van der Waals surface area contributed by atoms with E-state index < -0.39 is 34.1 Å². The molecule has 0 aromatic heterocycles. The number of benzene rings is 4. The number of sulfonamides is 1. The summed E-state index contributed by atoms with van der Waals surface area (Å²) in [6.45, 7) is 5.13. The monoisotopic (exact) mass is 691 g/mol. The Morgan fingerprint density at radius 3 is 2.07 bits per heavy atom. The first-order valence-electron chi connectivity index (χ1n) is 14.5. The molecule has 0 spiro atoms. The molecule has 8 nitrogen and oxygen atoms in total. The Kier molecular flexibility index (Phi) is 11.1. The molecular weight excluding hydrogens is 654 g/mol. The van der Waals surface area contributed by atoms with Crippen LogP contribution in [0.25, 0.3) is 0 Å². The van der Waals surface area contributed by atoms with Crippen LogP contribution < -0.4 is 14.4 Å². The summed E-state index contributed by atoms with van der Waals surface area (Å²) in [6, 6.07) is 30.6. The molecular formula is C35H38BrN3O5S. The minimum atomic E-state index is -4.23. The van der Waals surface area contributed by atoms with Gasteiger partial charge < -0.3 is 15.0 Å². The van der Waals surface area contributed by atoms with Crippen molar-refractivity contribution in [1.29, 1.82) is 0 Å². The molecule has 0 heterocycles. The molecule has 0 unspecified atom stereocenters. The molecule has 1 atom stereocenters. The van der Waals surface area contributed by atoms with Gasteiger partial charge >= 0.3 is 0 Å². The molecule has 0 radical (unpaired) electrons. The summed E-state index contributed by atoms with van der Waals surface area (Å²) < 4.78 is 35.7. The van der Waals surface area contributed by atoms with Crippen LogP contribution in [-0.4, -0.2) is 50.4 Å². The Morgan fingerprint density at radius 2 is 1.44 bits per heavy atom. The molecule has 0 aliphatic heterocycles. The second kappa shape index (κ2) is 14.8. The summed E-state index contributed by atoms with van der Waals surface area (Å²) in [7, 11) is -2.79. The fourth-order valence-electron chi connectivity index (χ4n) is 4.91. The number of methoxy groups -OCH3 is 1. The van der Waals surface area contributed by atoms with Crippen molar-refractivity contribution in [3.63, 3.8) is 0 Å². The lowest BCUT2D eigenvalue weighted by Crippen LogP contribution is -2.56. The number of amides is 2. The van der Waals surface area contributed by atoms with Crippen LogP contribution in [0.1, 0.15) is 31.9 Å². The highest BCUT2D eigenvalue weighted by Gasteiger charge is 2.36. The van der Waals surface area contributed by atoms with Crippen LogP contribution >= 0.6 is 15.9 Å². The summed E-state index contributed by atoms with van der Waals surface area (Å²) in [5, 5.41) is 3.04. The summed E-state index contributed by atoms with van der Waals surface area (Å²) in [4.78, 5) is 30.1. The van der Waals surface area contributed by atoms with E-state index in [2.05, 4.69) is 21.2 Å². The summed E-state index contributed by atoms with van der Waals surface area (Å²) >= 11 is 3.50. The second-order valence-electron chi connectivity index (χ2n) is 11.6. The highest BCUT2D eigenvalue weighted by atomic mass is 79.9.